The van der Waals surface area contributed by atoms with Crippen molar-refractivity contribution in [3.63, 3.8) is 0 Å². The maximum atomic E-state index is 6.10. The third-order valence-corrected chi connectivity index (χ3v) is 3.47. The van der Waals surface area contributed by atoms with E-state index in [-0.39, 0.29) is 6.04 Å². The van der Waals surface area contributed by atoms with E-state index in [4.69, 9.17) is 10.5 Å². The number of hydrogen-bond acceptors (Lipinski definition) is 2. The highest BCUT2D eigenvalue weighted by Crippen LogP contribution is 2.31. The Balaban J connectivity index is 2.39. The lowest BCUT2D eigenvalue weighted by atomic mass is 9.78. The van der Waals surface area contributed by atoms with E-state index in [0.29, 0.717) is 12.0 Å². The summed E-state index contributed by atoms with van der Waals surface area (Å²) >= 11 is 0. The van der Waals surface area contributed by atoms with Crippen LogP contribution in [-0.2, 0) is 4.74 Å². The smallest absolute Gasteiger partial charge is 0.0728 e. The molecule has 2 N–H and O–H groups in total. The lowest BCUT2D eigenvalue weighted by Crippen LogP contribution is -2.43. The van der Waals surface area contributed by atoms with Gasteiger partial charge in [0.15, 0.2) is 0 Å². The lowest BCUT2D eigenvalue weighted by molar-refractivity contribution is -0.0184. The SMILES string of the molecule is CC(C)COC1CC(C(C)C)CCC1N. The third-order valence-electron chi connectivity index (χ3n) is 3.47. The van der Waals surface area contributed by atoms with Gasteiger partial charge in [-0.25, -0.2) is 0 Å². The van der Waals surface area contributed by atoms with Crippen molar-refractivity contribution in [3.05, 3.63) is 0 Å². The molecule has 0 aliphatic heterocycles. The summed E-state index contributed by atoms with van der Waals surface area (Å²) in [7, 11) is 0. The van der Waals surface area contributed by atoms with Crippen molar-refractivity contribution in [2.24, 2.45) is 23.5 Å². The Morgan fingerprint density at radius 1 is 1.20 bits per heavy atom. The van der Waals surface area contributed by atoms with Gasteiger partial charge < -0.3 is 10.5 Å². The van der Waals surface area contributed by atoms with Crippen molar-refractivity contribution < 1.29 is 4.74 Å². The molecule has 1 saturated carbocycles. The quantitative estimate of drug-likeness (QED) is 0.779. The first-order valence-electron chi connectivity index (χ1n) is 6.38. The van der Waals surface area contributed by atoms with Crippen molar-refractivity contribution >= 4 is 0 Å². The van der Waals surface area contributed by atoms with Gasteiger partial charge in [0.25, 0.3) is 0 Å². The van der Waals surface area contributed by atoms with Crippen LogP contribution in [0.15, 0.2) is 0 Å². The van der Waals surface area contributed by atoms with Crippen LogP contribution >= 0.6 is 0 Å². The van der Waals surface area contributed by atoms with Gasteiger partial charge in [-0.1, -0.05) is 27.7 Å². The van der Waals surface area contributed by atoms with E-state index >= 15 is 0 Å². The summed E-state index contributed by atoms with van der Waals surface area (Å²) in [5, 5.41) is 0. The molecular weight excluding hydrogens is 186 g/mol. The van der Waals surface area contributed by atoms with Crippen molar-refractivity contribution in [1.82, 2.24) is 0 Å². The average molecular weight is 213 g/mol. The fraction of sp³-hybridized carbons (Fsp3) is 1.00. The van der Waals surface area contributed by atoms with Crippen molar-refractivity contribution in [1.29, 1.82) is 0 Å². The first-order chi connectivity index (χ1) is 7.00. The van der Waals surface area contributed by atoms with E-state index in [2.05, 4.69) is 27.7 Å². The molecule has 2 nitrogen and oxygen atoms in total. The maximum Gasteiger partial charge on any atom is 0.0728 e. The monoisotopic (exact) mass is 213 g/mol. The van der Waals surface area contributed by atoms with Crippen LogP contribution in [0.5, 0.6) is 0 Å². The number of hydrogen-bond donors (Lipinski definition) is 1. The average Bonchev–Trinajstić information content (AvgIpc) is 2.16. The fourth-order valence-corrected chi connectivity index (χ4v) is 2.30. The van der Waals surface area contributed by atoms with Gasteiger partial charge in [-0.3, -0.25) is 0 Å². The largest absolute Gasteiger partial charge is 0.376 e. The zero-order chi connectivity index (χ0) is 11.4. The molecule has 15 heavy (non-hydrogen) atoms. The van der Waals surface area contributed by atoms with Gasteiger partial charge >= 0.3 is 0 Å². The van der Waals surface area contributed by atoms with Gasteiger partial charge in [0.1, 0.15) is 0 Å². The minimum atomic E-state index is 0.263. The zero-order valence-corrected chi connectivity index (χ0v) is 10.7. The molecule has 0 bridgehead atoms. The predicted octanol–water partition coefficient (Wildman–Crippen LogP) is 2.81. The van der Waals surface area contributed by atoms with E-state index in [9.17, 15) is 0 Å². The summed E-state index contributed by atoms with van der Waals surface area (Å²) in [5.41, 5.74) is 6.10. The van der Waals surface area contributed by atoms with E-state index < -0.39 is 0 Å². The number of nitrogens with two attached hydrogens (primary N) is 1. The third kappa shape index (κ3) is 4.12. The summed E-state index contributed by atoms with van der Waals surface area (Å²) in [6, 6.07) is 0.263. The molecule has 3 atom stereocenters. The molecule has 2 heteroatoms. The van der Waals surface area contributed by atoms with Gasteiger partial charge in [-0.15, -0.1) is 0 Å². The summed E-state index contributed by atoms with van der Waals surface area (Å²) in [6.45, 7) is 9.84. The second-order valence-electron chi connectivity index (χ2n) is 5.75. The van der Waals surface area contributed by atoms with Crippen molar-refractivity contribution in [2.75, 3.05) is 6.61 Å². The Morgan fingerprint density at radius 3 is 2.40 bits per heavy atom. The highest BCUT2D eigenvalue weighted by atomic mass is 16.5. The first-order valence-corrected chi connectivity index (χ1v) is 6.38. The van der Waals surface area contributed by atoms with Gasteiger partial charge in [0.2, 0.25) is 0 Å². The molecule has 1 fully saturated rings. The Hall–Kier alpha value is -0.0800. The van der Waals surface area contributed by atoms with Crippen LogP contribution in [0.4, 0.5) is 0 Å². The molecule has 0 spiro atoms. The standard InChI is InChI=1S/C13H27NO/c1-9(2)8-15-13-7-11(10(3)4)5-6-12(13)14/h9-13H,5-8,14H2,1-4H3. The van der Waals surface area contributed by atoms with E-state index in [1.807, 2.05) is 0 Å². The second-order valence-corrected chi connectivity index (χ2v) is 5.75. The normalized spacial score (nSPS) is 32.6. The predicted molar refractivity (Wildman–Crippen MR) is 64.7 cm³/mol. The molecule has 0 heterocycles. The molecule has 0 aromatic carbocycles. The van der Waals surface area contributed by atoms with Gasteiger partial charge in [-0.2, -0.15) is 0 Å². The molecule has 0 radical (unpaired) electrons. The van der Waals surface area contributed by atoms with Crippen molar-refractivity contribution in [2.45, 2.75) is 59.1 Å². The molecule has 90 valence electrons. The van der Waals surface area contributed by atoms with E-state index in [1.165, 1.54) is 6.42 Å². The lowest BCUT2D eigenvalue weighted by Gasteiger charge is -2.36. The van der Waals surface area contributed by atoms with Gasteiger partial charge in [-0.05, 0) is 37.0 Å². The maximum absolute atomic E-state index is 6.10. The molecule has 0 aromatic rings. The van der Waals surface area contributed by atoms with E-state index in [1.54, 1.807) is 0 Å². The molecule has 1 aliphatic carbocycles. The Bertz CT molecular complexity index is 179. The summed E-state index contributed by atoms with van der Waals surface area (Å²) in [6.07, 6.45) is 3.87. The minimum absolute atomic E-state index is 0.263. The zero-order valence-electron chi connectivity index (χ0n) is 10.7. The minimum Gasteiger partial charge on any atom is -0.376 e. The molecule has 0 aromatic heterocycles. The van der Waals surface area contributed by atoms with Crippen LogP contribution in [0.25, 0.3) is 0 Å². The van der Waals surface area contributed by atoms with Crippen LogP contribution in [-0.4, -0.2) is 18.8 Å². The molecule has 0 saturated heterocycles. The number of ether oxygens (including phenoxy) is 1. The summed E-state index contributed by atoms with van der Waals surface area (Å²) in [4.78, 5) is 0. The molecule has 3 unspecified atom stereocenters. The Labute approximate surface area is 94.6 Å². The molecule has 1 rings (SSSR count). The van der Waals surface area contributed by atoms with Crippen LogP contribution < -0.4 is 5.73 Å². The van der Waals surface area contributed by atoms with E-state index in [0.717, 1.165) is 31.3 Å². The van der Waals surface area contributed by atoms with Crippen LogP contribution in [0.3, 0.4) is 0 Å². The second kappa shape index (κ2) is 5.86. The van der Waals surface area contributed by atoms with Crippen LogP contribution in [0, 0.1) is 17.8 Å². The van der Waals surface area contributed by atoms with Crippen LogP contribution in [0.1, 0.15) is 47.0 Å². The molecule has 1 aliphatic rings. The van der Waals surface area contributed by atoms with Gasteiger partial charge in [0.05, 0.1) is 6.10 Å². The molecule has 0 amide bonds. The molecular formula is C13H27NO. The summed E-state index contributed by atoms with van der Waals surface area (Å²) in [5.74, 6) is 2.18. The highest BCUT2D eigenvalue weighted by Gasteiger charge is 2.30. The highest BCUT2D eigenvalue weighted by molar-refractivity contribution is 4.84. The first kappa shape index (κ1) is 13.0. The van der Waals surface area contributed by atoms with Gasteiger partial charge in [0, 0.05) is 12.6 Å². The topological polar surface area (TPSA) is 35.2 Å². The number of rotatable bonds is 4. The van der Waals surface area contributed by atoms with Crippen molar-refractivity contribution in [3.8, 4) is 0 Å². The Morgan fingerprint density at radius 2 is 1.87 bits per heavy atom. The Kier molecular flexibility index (Phi) is 5.07. The van der Waals surface area contributed by atoms with Crippen LogP contribution in [0.2, 0.25) is 0 Å². The summed E-state index contributed by atoms with van der Waals surface area (Å²) < 4.78 is 5.91. The fourth-order valence-electron chi connectivity index (χ4n) is 2.30.